The van der Waals surface area contributed by atoms with E-state index in [0.717, 1.165) is 0 Å². The van der Waals surface area contributed by atoms with Crippen LogP contribution < -0.4 is 16.2 Å². The molecule has 0 aliphatic rings. The Hall–Kier alpha value is -2.96. The summed E-state index contributed by atoms with van der Waals surface area (Å²) in [5.74, 6) is -0.616. The summed E-state index contributed by atoms with van der Waals surface area (Å²) in [4.78, 5) is 34.4. The van der Waals surface area contributed by atoms with E-state index in [1.54, 1.807) is 38.1 Å². The Balaban J connectivity index is 2.02. The lowest BCUT2D eigenvalue weighted by Gasteiger charge is -2.09. The second-order valence-electron chi connectivity index (χ2n) is 4.98. The molecule has 0 bridgehead atoms. The summed E-state index contributed by atoms with van der Waals surface area (Å²) in [7, 11) is 0. The van der Waals surface area contributed by atoms with Crippen LogP contribution in [0.2, 0.25) is 0 Å². The molecule has 0 saturated heterocycles. The van der Waals surface area contributed by atoms with Gasteiger partial charge in [0.05, 0.1) is 0 Å². The number of hydrogen-bond donors (Lipinski definition) is 3. The smallest absolute Gasteiger partial charge is 0.276 e. The Morgan fingerprint density at radius 1 is 1.00 bits per heavy atom. The van der Waals surface area contributed by atoms with Crippen LogP contribution in [0.3, 0.4) is 0 Å². The van der Waals surface area contributed by atoms with Gasteiger partial charge in [-0.3, -0.25) is 14.4 Å². The highest BCUT2D eigenvalue weighted by molar-refractivity contribution is 6.02. The molecular weight excluding hydrogens is 284 g/mol. The van der Waals surface area contributed by atoms with Crippen molar-refractivity contribution >= 4 is 23.2 Å². The molecule has 3 N–H and O–H groups in total. The van der Waals surface area contributed by atoms with E-state index in [-0.39, 0.29) is 23.1 Å². The molecule has 114 valence electrons. The number of hydrogen-bond acceptors (Lipinski definition) is 4. The third kappa shape index (κ3) is 4.02. The molecule has 0 atom stereocenters. The first-order chi connectivity index (χ1) is 10.5. The third-order valence-electron chi connectivity index (χ3n) is 2.85. The van der Waals surface area contributed by atoms with Crippen LogP contribution in [0, 0.1) is 5.92 Å². The first-order valence-electron chi connectivity index (χ1n) is 6.74. The second-order valence-corrected chi connectivity index (χ2v) is 4.98. The van der Waals surface area contributed by atoms with E-state index in [1.165, 1.54) is 12.1 Å². The summed E-state index contributed by atoms with van der Waals surface area (Å²) in [5.41, 5.74) is 0.943. The fourth-order valence-corrected chi connectivity index (χ4v) is 1.59. The normalized spacial score (nSPS) is 10.3. The maximum absolute atomic E-state index is 11.9. The van der Waals surface area contributed by atoms with Crippen molar-refractivity contribution in [2.24, 2.45) is 5.92 Å². The number of aromatic nitrogens is 2. The van der Waals surface area contributed by atoms with E-state index in [0.29, 0.717) is 11.4 Å². The lowest BCUT2D eigenvalue weighted by Crippen LogP contribution is -2.18. The largest absolute Gasteiger partial charge is 0.326 e. The second kappa shape index (κ2) is 6.66. The van der Waals surface area contributed by atoms with Crippen molar-refractivity contribution in [1.29, 1.82) is 0 Å². The number of aromatic amines is 1. The van der Waals surface area contributed by atoms with Crippen LogP contribution in [-0.2, 0) is 4.79 Å². The zero-order valence-corrected chi connectivity index (χ0v) is 12.2. The van der Waals surface area contributed by atoms with Gasteiger partial charge in [-0.25, -0.2) is 5.10 Å². The molecule has 1 aromatic carbocycles. The fourth-order valence-electron chi connectivity index (χ4n) is 1.59. The Kier molecular flexibility index (Phi) is 4.67. The van der Waals surface area contributed by atoms with Gasteiger partial charge in [0.15, 0.2) is 0 Å². The van der Waals surface area contributed by atoms with E-state index in [4.69, 9.17) is 0 Å². The molecule has 22 heavy (non-hydrogen) atoms. The van der Waals surface area contributed by atoms with Crippen molar-refractivity contribution < 1.29 is 9.59 Å². The van der Waals surface area contributed by atoms with Gasteiger partial charge in [0.25, 0.3) is 11.5 Å². The first-order valence-corrected chi connectivity index (χ1v) is 6.74. The van der Waals surface area contributed by atoms with Crippen LogP contribution in [0.5, 0.6) is 0 Å². The van der Waals surface area contributed by atoms with Crippen LogP contribution in [-0.4, -0.2) is 22.0 Å². The summed E-state index contributed by atoms with van der Waals surface area (Å²) in [5, 5.41) is 11.2. The van der Waals surface area contributed by atoms with Gasteiger partial charge >= 0.3 is 0 Å². The van der Waals surface area contributed by atoms with E-state index in [1.807, 2.05) is 0 Å². The maximum atomic E-state index is 11.9. The molecule has 0 fully saturated rings. The summed E-state index contributed by atoms with van der Waals surface area (Å²) >= 11 is 0. The molecule has 0 saturated carbocycles. The average Bonchev–Trinajstić information content (AvgIpc) is 2.49. The SMILES string of the molecule is CC(C)C(=O)Nc1ccc(NC(=O)c2ccc(=O)[nH]n2)cc1. The number of nitrogens with zero attached hydrogens (tertiary/aromatic N) is 1. The molecule has 0 aliphatic heterocycles. The number of H-pyrrole nitrogens is 1. The van der Waals surface area contributed by atoms with Gasteiger partial charge < -0.3 is 10.6 Å². The predicted molar refractivity (Wildman–Crippen MR) is 82.7 cm³/mol. The highest BCUT2D eigenvalue weighted by Crippen LogP contribution is 2.15. The van der Waals surface area contributed by atoms with Gasteiger partial charge in [0.1, 0.15) is 5.69 Å². The molecule has 7 heteroatoms. The molecule has 0 unspecified atom stereocenters. The van der Waals surface area contributed by atoms with Crippen molar-refractivity contribution in [3.05, 3.63) is 52.4 Å². The van der Waals surface area contributed by atoms with Crippen LogP contribution >= 0.6 is 0 Å². The minimum Gasteiger partial charge on any atom is -0.326 e. The molecule has 7 nitrogen and oxygen atoms in total. The summed E-state index contributed by atoms with van der Waals surface area (Å²) in [6.45, 7) is 3.61. The van der Waals surface area contributed by atoms with E-state index < -0.39 is 5.91 Å². The molecular formula is C15H16N4O3. The number of amides is 2. The molecule has 0 radical (unpaired) electrons. The quantitative estimate of drug-likeness (QED) is 0.798. The third-order valence-corrected chi connectivity index (χ3v) is 2.85. The highest BCUT2D eigenvalue weighted by Gasteiger charge is 2.09. The van der Waals surface area contributed by atoms with Crippen LogP contribution in [0.4, 0.5) is 11.4 Å². The lowest BCUT2D eigenvalue weighted by molar-refractivity contribution is -0.118. The minimum absolute atomic E-state index is 0.0748. The summed E-state index contributed by atoms with van der Waals surface area (Å²) in [6, 6.07) is 9.28. The van der Waals surface area contributed by atoms with Crippen LogP contribution in [0.15, 0.2) is 41.2 Å². The van der Waals surface area contributed by atoms with Gasteiger partial charge in [0, 0.05) is 23.4 Å². The van der Waals surface area contributed by atoms with Crippen molar-refractivity contribution in [3.63, 3.8) is 0 Å². The monoisotopic (exact) mass is 300 g/mol. The molecule has 1 heterocycles. The zero-order chi connectivity index (χ0) is 16.1. The molecule has 1 aromatic heterocycles. The standard InChI is InChI=1S/C15H16N4O3/c1-9(2)14(21)16-10-3-5-11(6-4-10)17-15(22)12-7-8-13(20)19-18-12/h3-9H,1-2H3,(H,16,21)(H,17,22)(H,19,20). The minimum atomic E-state index is -0.435. The van der Waals surface area contributed by atoms with Gasteiger partial charge in [-0.15, -0.1) is 0 Å². The molecule has 2 amide bonds. The van der Waals surface area contributed by atoms with E-state index in [2.05, 4.69) is 20.8 Å². The van der Waals surface area contributed by atoms with Crippen molar-refractivity contribution in [2.75, 3.05) is 10.6 Å². The number of benzene rings is 1. The summed E-state index contributed by atoms with van der Waals surface area (Å²) in [6.07, 6.45) is 0. The Bertz CT molecular complexity index is 715. The van der Waals surface area contributed by atoms with Crippen molar-refractivity contribution in [2.45, 2.75) is 13.8 Å². The topological polar surface area (TPSA) is 104 Å². The Morgan fingerprint density at radius 2 is 1.59 bits per heavy atom. The van der Waals surface area contributed by atoms with Gasteiger partial charge in [-0.2, -0.15) is 5.10 Å². The number of carbonyl (C=O) groups excluding carboxylic acids is 2. The van der Waals surface area contributed by atoms with Crippen molar-refractivity contribution in [3.8, 4) is 0 Å². The fraction of sp³-hybridized carbons (Fsp3) is 0.200. The van der Waals surface area contributed by atoms with Crippen LogP contribution in [0.25, 0.3) is 0 Å². The maximum Gasteiger partial charge on any atom is 0.276 e. The van der Waals surface area contributed by atoms with Gasteiger partial charge in [-0.1, -0.05) is 13.8 Å². The van der Waals surface area contributed by atoms with Gasteiger partial charge in [0.2, 0.25) is 5.91 Å². The van der Waals surface area contributed by atoms with Gasteiger partial charge in [-0.05, 0) is 30.3 Å². The number of anilines is 2. The van der Waals surface area contributed by atoms with E-state index >= 15 is 0 Å². The number of nitrogens with one attached hydrogen (secondary N) is 3. The highest BCUT2D eigenvalue weighted by atomic mass is 16.2. The Morgan fingerprint density at radius 3 is 2.09 bits per heavy atom. The molecule has 0 aliphatic carbocycles. The summed E-state index contributed by atoms with van der Waals surface area (Å²) < 4.78 is 0. The Labute approximate surface area is 126 Å². The molecule has 2 rings (SSSR count). The average molecular weight is 300 g/mol. The predicted octanol–water partition coefficient (Wildman–Crippen LogP) is 1.62. The number of carbonyl (C=O) groups is 2. The molecule has 0 spiro atoms. The zero-order valence-electron chi connectivity index (χ0n) is 12.2. The van der Waals surface area contributed by atoms with E-state index in [9.17, 15) is 14.4 Å². The lowest BCUT2D eigenvalue weighted by atomic mass is 10.2. The van der Waals surface area contributed by atoms with Crippen molar-refractivity contribution in [1.82, 2.24) is 10.2 Å². The number of rotatable bonds is 4. The first kappa shape index (κ1) is 15.4. The molecule has 2 aromatic rings. The van der Waals surface area contributed by atoms with Crippen LogP contribution in [0.1, 0.15) is 24.3 Å².